The van der Waals surface area contributed by atoms with Crippen molar-refractivity contribution in [2.45, 2.75) is 52.4 Å². The van der Waals surface area contributed by atoms with Gasteiger partial charge < -0.3 is 0 Å². The van der Waals surface area contributed by atoms with Gasteiger partial charge in [0.15, 0.2) is 0 Å². The number of hydrogen-bond acceptors (Lipinski definition) is 2. The Morgan fingerprint density at radius 2 is 1.48 bits per heavy atom. The normalized spacial score (nSPS) is 12.5. The Balaban J connectivity index is 1.41. The van der Waals surface area contributed by atoms with Gasteiger partial charge in [-0.1, -0.05) is 96.1 Å². The zero-order valence-corrected chi connectivity index (χ0v) is 25.2. The molecule has 208 valence electrons. The molecule has 7 rings (SSSR count). The Bertz CT molecular complexity index is 2110. The van der Waals surface area contributed by atoms with Gasteiger partial charge in [0, 0.05) is 28.9 Å². The molecule has 0 radical (unpaired) electrons. The fraction of sp³-hybridized carbons (Fsp3) is 0.211. The summed E-state index contributed by atoms with van der Waals surface area (Å²) in [4.78, 5) is 4.94. The highest BCUT2D eigenvalue weighted by Crippen LogP contribution is 2.39. The van der Waals surface area contributed by atoms with Crippen molar-refractivity contribution in [3.63, 3.8) is 0 Å². The Hall–Kier alpha value is -4.70. The van der Waals surface area contributed by atoms with Crippen LogP contribution in [0.5, 0.6) is 0 Å². The second-order valence-corrected chi connectivity index (χ2v) is 13.3. The van der Waals surface area contributed by atoms with E-state index < -0.39 is 0 Å². The van der Waals surface area contributed by atoms with E-state index in [1.165, 1.54) is 49.3 Å². The largest absolute Gasteiger partial charge is 0.294 e. The van der Waals surface area contributed by atoms with Crippen molar-refractivity contribution in [3.8, 4) is 22.5 Å². The van der Waals surface area contributed by atoms with Crippen molar-refractivity contribution in [2.75, 3.05) is 0 Å². The lowest BCUT2D eigenvalue weighted by Gasteiger charge is -2.20. The average Bonchev–Trinajstić information content (AvgIpc) is 3.60. The SMILES string of the molecule is CC(C)(C)c1cnn(-c2ccc3cccc(-c4cccc(-n5c6ccccc6c6c(C(C)(C)C)ccnc65)c4)c3c2)c1. The van der Waals surface area contributed by atoms with Crippen molar-refractivity contribution >= 4 is 32.7 Å². The maximum Gasteiger partial charge on any atom is 0.145 e. The first-order chi connectivity index (χ1) is 20.1. The Labute approximate surface area is 247 Å². The van der Waals surface area contributed by atoms with Crippen molar-refractivity contribution in [2.24, 2.45) is 0 Å². The van der Waals surface area contributed by atoms with E-state index in [4.69, 9.17) is 10.1 Å². The number of para-hydroxylation sites is 1. The quantitative estimate of drug-likeness (QED) is 0.220. The van der Waals surface area contributed by atoms with Gasteiger partial charge in [0.1, 0.15) is 5.65 Å². The molecule has 0 saturated heterocycles. The van der Waals surface area contributed by atoms with Gasteiger partial charge in [-0.25, -0.2) is 9.67 Å². The van der Waals surface area contributed by atoms with Crippen LogP contribution in [0.15, 0.2) is 110 Å². The van der Waals surface area contributed by atoms with Crippen LogP contribution in [-0.4, -0.2) is 19.3 Å². The van der Waals surface area contributed by atoms with E-state index in [2.05, 4.69) is 143 Å². The van der Waals surface area contributed by atoms with Crippen molar-refractivity contribution in [1.29, 1.82) is 0 Å². The van der Waals surface area contributed by atoms with Crippen LogP contribution in [0.25, 0.3) is 55.2 Å². The van der Waals surface area contributed by atoms with Gasteiger partial charge in [0.05, 0.1) is 17.4 Å². The molecule has 0 amide bonds. The minimum absolute atomic E-state index is 0.000869. The van der Waals surface area contributed by atoms with Gasteiger partial charge in [0.25, 0.3) is 0 Å². The lowest BCUT2D eigenvalue weighted by atomic mass is 9.85. The van der Waals surface area contributed by atoms with Crippen molar-refractivity contribution in [1.82, 2.24) is 19.3 Å². The van der Waals surface area contributed by atoms with Crippen LogP contribution in [-0.2, 0) is 10.8 Å². The summed E-state index contributed by atoms with van der Waals surface area (Å²) < 4.78 is 4.31. The van der Waals surface area contributed by atoms with Gasteiger partial charge in [-0.05, 0) is 80.3 Å². The summed E-state index contributed by atoms with van der Waals surface area (Å²) in [5.74, 6) is 0. The first-order valence-corrected chi connectivity index (χ1v) is 14.7. The fourth-order valence-corrected chi connectivity index (χ4v) is 6.09. The molecule has 0 aliphatic rings. The van der Waals surface area contributed by atoms with Gasteiger partial charge in [0.2, 0.25) is 0 Å². The van der Waals surface area contributed by atoms with E-state index in [0.717, 1.165) is 17.0 Å². The molecule has 4 aromatic carbocycles. The highest BCUT2D eigenvalue weighted by molar-refractivity contribution is 6.10. The number of rotatable bonds is 3. The molecule has 0 atom stereocenters. The average molecular weight is 549 g/mol. The number of hydrogen-bond donors (Lipinski definition) is 0. The molecule has 7 aromatic rings. The molecule has 0 N–H and O–H groups in total. The van der Waals surface area contributed by atoms with Crippen LogP contribution in [0.3, 0.4) is 0 Å². The highest BCUT2D eigenvalue weighted by Gasteiger charge is 2.23. The minimum Gasteiger partial charge on any atom is -0.294 e. The van der Waals surface area contributed by atoms with E-state index >= 15 is 0 Å². The molecule has 42 heavy (non-hydrogen) atoms. The first kappa shape index (κ1) is 26.2. The standard InChI is InChI=1S/C38H36N4/c1-37(2,3)27-23-40-41(24-27)28-18-17-25-11-10-15-30(32(25)22-28)26-12-9-13-29(21-26)42-34-16-8-7-14-31(34)35-33(38(4,5)6)19-20-39-36(35)42/h7-24H,1-6H3. The third kappa shape index (κ3) is 4.30. The molecule has 0 fully saturated rings. The van der Waals surface area contributed by atoms with Crippen LogP contribution < -0.4 is 0 Å². The van der Waals surface area contributed by atoms with Crippen LogP contribution in [0.4, 0.5) is 0 Å². The smallest absolute Gasteiger partial charge is 0.145 e. The summed E-state index contributed by atoms with van der Waals surface area (Å²) in [5.41, 5.74) is 9.28. The predicted octanol–water partition coefficient (Wildman–Crippen LogP) is 9.78. The molecule has 0 unspecified atom stereocenters. The monoisotopic (exact) mass is 548 g/mol. The lowest BCUT2D eigenvalue weighted by molar-refractivity contribution is 0.590. The summed E-state index contributed by atoms with van der Waals surface area (Å²) in [7, 11) is 0. The molecule has 0 spiro atoms. The van der Waals surface area contributed by atoms with Gasteiger partial charge >= 0.3 is 0 Å². The number of aromatic nitrogens is 4. The van der Waals surface area contributed by atoms with Crippen molar-refractivity contribution in [3.05, 3.63) is 121 Å². The molecule has 0 saturated carbocycles. The Kier molecular flexibility index (Phi) is 5.88. The third-order valence-corrected chi connectivity index (χ3v) is 8.36. The number of pyridine rings is 1. The van der Waals surface area contributed by atoms with Crippen molar-refractivity contribution < 1.29 is 0 Å². The molecule has 4 nitrogen and oxygen atoms in total. The molecular formula is C38H36N4. The number of benzene rings is 4. The molecule has 0 aliphatic heterocycles. The molecule has 4 heteroatoms. The van der Waals surface area contributed by atoms with Gasteiger partial charge in [-0.3, -0.25) is 4.57 Å². The second kappa shape index (κ2) is 9.42. The summed E-state index contributed by atoms with van der Waals surface area (Å²) in [6.45, 7) is 13.5. The fourth-order valence-electron chi connectivity index (χ4n) is 6.09. The molecule has 0 aliphatic carbocycles. The van der Waals surface area contributed by atoms with Gasteiger partial charge in [-0.15, -0.1) is 0 Å². The first-order valence-electron chi connectivity index (χ1n) is 14.7. The van der Waals surface area contributed by atoms with E-state index in [-0.39, 0.29) is 10.8 Å². The maximum absolute atomic E-state index is 4.94. The van der Waals surface area contributed by atoms with Gasteiger partial charge in [-0.2, -0.15) is 5.10 Å². The van der Waals surface area contributed by atoms with E-state index in [9.17, 15) is 0 Å². The lowest BCUT2D eigenvalue weighted by Crippen LogP contribution is -2.11. The molecule has 3 aromatic heterocycles. The minimum atomic E-state index is 0.000869. The summed E-state index contributed by atoms with van der Waals surface area (Å²) in [5, 5.41) is 9.58. The van der Waals surface area contributed by atoms with E-state index in [1.807, 2.05) is 17.1 Å². The second-order valence-electron chi connectivity index (χ2n) is 13.3. The molecule has 0 bridgehead atoms. The van der Waals surface area contributed by atoms with Crippen LogP contribution >= 0.6 is 0 Å². The zero-order chi connectivity index (χ0) is 29.2. The number of nitrogens with zero attached hydrogens (tertiary/aromatic N) is 4. The molecular weight excluding hydrogens is 512 g/mol. The third-order valence-electron chi connectivity index (χ3n) is 8.36. The Morgan fingerprint density at radius 1 is 0.667 bits per heavy atom. The van der Waals surface area contributed by atoms with E-state index in [1.54, 1.807) is 0 Å². The highest BCUT2D eigenvalue weighted by atomic mass is 15.3. The maximum atomic E-state index is 4.94. The number of fused-ring (bicyclic) bond motifs is 4. The summed E-state index contributed by atoms with van der Waals surface area (Å²) in [6.07, 6.45) is 6.07. The molecule has 3 heterocycles. The predicted molar refractivity (Wildman–Crippen MR) is 176 cm³/mol. The topological polar surface area (TPSA) is 35.6 Å². The summed E-state index contributed by atoms with van der Waals surface area (Å²) >= 11 is 0. The van der Waals surface area contributed by atoms with Crippen LogP contribution in [0.1, 0.15) is 52.7 Å². The van der Waals surface area contributed by atoms with E-state index in [0.29, 0.717) is 0 Å². The van der Waals surface area contributed by atoms with Crippen LogP contribution in [0.2, 0.25) is 0 Å². The zero-order valence-electron chi connectivity index (χ0n) is 25.2. The Morgan fingerprint density at radius 3 is 2.26 bits per heavy atom. The summed E-state index contributed by atoms with van der Waals surface area (Å²) in [6, 6.07) is 32.8. The van der Waals surface area contributed by atoms with Crippen LogP contribution in [0, 0.1) is 0 Å².